The van der Waals surface area contributed by atoms with Crippen LogP contribution in [-0.2, 0) is 20.0 Å². The van der Waals surface area contributed by atoms with Gasteiger partial charge in [0.15, 0.2) is 0 Å². The van der Waals surface area contributed by atoms with Crippen LogP contribution in [0, 0.1) is 0 Å². The lowest BCUT2D eigenvalue weighted by atomic mass is 10.3. The van der Waals surface area contributed by atoms with Crippen molar-refractivity contribution in [2.45, 2.75) is 13.0 Å². The molecule has 0 aliphatic rings. The van der Waals surface area contributed by atoms with Crippen molar-refractivity contribution in [3.8, 4) is 0 Å². The number of hydrogen-bond donors (Lipinski definition) is 1. The van der Waals surface area contributed by atoms with Crippen molar-refractivity contribution in [2.75, 3.05) is 5.73 Å². The number of hydrogen-bond acceptors (Lipinski definition) is 4. The van der Waals surface area contributed by atoms with Crippen LogP contribution in [-0.4, -0.2) is 24.3 Å². The number of aromatic nitrogens is 5. The van der Waals surface area contributed by atoms with E-state index in [1.54, 1.807) is 6.33 Å². The van der Waals surface area contributed by atoms with Gasteiger partial charge in [-0.1, -0.05) is 15.9 Å². The summed E-state index contributed by atoms with van der Waals surface area (Å²) in [7, 11) is 1.93. The first kappa shape index (κ1) is 12.2. The first-order chi connectivity index (χ1) is 9.15. The predicted molar refractivity (Wildman–Crippen MR) is 76.6 cm³/mol. The molecule has 0 saturated carbocycles. The highest BCUT2D eigenvalue weighted by Crippen LogP contribution is 2.22. The third-order valence-electron chi connectivity index (χ3n) is 3.10. The van der Waals surface area contributed by atoms with Crippen LogP contribution >= 0.6 is 15.9 Å². The Morgan fingerprint density at radius 3 is 2.95 bits per heavy atom. The Morgan fingerprint density at radius 2 is 2.21 bits per heavy atom. The van der Waals surface area contributed by atoms with Gasteiger partial charge >= 0.3 is 0 Å². The van der Waals surface area contributed by atoms with Crippen molar-refractivity contribution in [2.24, 2.45) is 7.05 Å². The van der Waals surface area contributed by atoms with E-state index in [0.717, 1.165) is 34.3 Å². The topological polar surface area (TPSA) is 74.5 Å². The van der Waals surface area contributed by atoms with Crippen LogP contribution in [0.3, 0.4) is 0 Å². The monoisotopic (exact) mass is 320 g/mol. The number of benzene rings is 1. The van der Waals surface area contributed by atoms with Crippen molar-refractivity contribution < 1.29 is 0 Å². The molecule has 2 heterocycles. The Labute approximate surface area is 118 Å². The first-order valence-corrected chi connectivity index (χ1v) is 6.68. The molecule has 0 radical (unpaired) electrons. The normalized spacial score (nSPS) is 11.3. The van der Waals surface area contributed by atoms with Gasteiger partial charge in [-0.25, -0.2) is 4.98 Å². The Morgan fingerprint density at radius 1 is 1.37 bits per heavy atom. The molecule has 0 amide bonds. The molecule has 1 aromatic carbocycles. The van der Waals surface area contributed by atoms with E-state index in [2.05, 4.69) is 31.1 Å². The van der Waals surface area contributed by atoms with Crippen LogP contribution in [0.15, 0.2) is 29.0 Å². The van der Waals surface area contributed by atoms with E-state index in [4.69, 9.17) is 5.73 Å². The maximum Gasteiger partial charge on any atom is 0.201 e. The Kier molecular flexibility index (Phi) is 2.98. The molecule has 2 N–H and O–H groups in total. The standard InChI is InChI=1S/C12H13BrN6/c1-18-7-15-17-11(18)4-5-19-10-6-8(13)2-3-9(10)16-12(19)14/h2-3,6-7H,4-5H2,1H3,(H2,14,16). The van der Waals surface area contributed by atoms with E-state index in [0.29, 0.717) is 5.95 Å². The van der Waals surface area contributed by atoms with Gasteiger partial charge in [-0.2, -0.15) is 0 Å². The largest absolute Gasteiger partial charge is 0.369 e. The van der Waals surface area contributed by atoms with Gasteiger partial charge in [0, 0.05) is 24.5 Å². The Bertz CT molecular complexity index is 729. The second-order valence-electron chi connectivity index (χ2n) is 4.36. The summed E-state index contributed by atoms with van der Waals surface area (Å²) in [6.07, 6.45) is 2.46. The zero-order valence-corrected chi connectivity index (χ0v) is 12.0. The summed E-state index contributed by atoms with van der Waals surface area (Å²) < 4.78 is 4.92. The van der Waals surface area contributed by atoms with Gasteiger partial charge in [0.2, 0.25) is 5.95 Å². The third kappa shape index (κ3) is 2.21. The van der Waals surface area contributed by atoms with E-state index < -0.39 is 0 Å². The molecule has 0 saturated heterocycles. The molecule has 98 valence electrons. The smallest absolute Gasteiger partial charge is 0.201 e. The van der Waals surface area contributed by atoms with Crippen LogP contribution < -0.4 is 5.73 Å². The number of nitrogens with zero attached hydrogens (tertiary/aromatic N) is 5. The number of anilines is 1. The predicted octanol–water partition coefficient (Wildman–Crippen LogP) is 1.75. The minimum absolute atomic E-state index is 0.523. The van der Waals surface area contributed by atoms with Crippen LogP contribution in [0.5, 0.6) is 0 Å². The van der Waals surface area contributed by atoms with Gasteiger partial charge < -0.3 is 14.9 Å². The molecule has 0 spiro atoms. The van der Waals surface area contributed by atoms with Gasteiger partial charge in [-0.05, 0) is 18.2 Å². The summed E-state index contributed by atoms with van der Waals surface area (Å²) in [4.78, 5) is 4.35. The fourth-order valence-corrected chi connectivity index (χ4v) is 2.44. The van der Waals surface area contributed by atoms with E-state index in [1.165, 1.54) is 0 Å². The number of fused-ring (bicyclic) bond motifs is 1. The molecule has 0 bridgehead atoms. The van der Waals surface area contributed by atoms with Gasteiger partial charge in [-0.15, -0.1) is 10.2 Å². The lowest BCUT2D eigenvalue weighted by Crippen LogP contribution is -2.08. The summed E-state index contributed by atoms with van der Waals surface area (Å²) >= 11 is 3.47. The first-order valence-electron chi connectivity index (χ1n) is 5.89. The van der Waals surface area contributed by atoms with Gasteiger partial charge in [-0.3, -0.25) is 0 Å². The van der Waals surface area contributed by atoms with Crippen LogP contribution in [0.1, 0.15) is 5.82 Å². The molecule has 3 rings (SSSR count). The number of nitrogens with two attached hydrogens (primary N) is 1. The molecule has 7 heteroatoms. The third-order valence-corrected chi connectivity index (χ3v) is 3.60. The quantitative estimate of drug-likeness (QED) is 0.797. The second-order valence-corrected chi connectivity index (χ2v) is 5.28. The number of rotatable bonds is 3. The maximum atomic E-state index is 5.97. The summed E-state index contributed by atoms with van der Waals surface area (Å²) in [6, 6.07) is 5.94. The molecule has 3 aromatic rings. The molecular formula is C12H13BrN6. The minimum Gasteiger partial charge on any atom is -0.369 e. The van der Waals surface area contributed by atoms with E-state index in [1.807, 2.05) is 34.4 Å². The second kappa shape index (κ2) is 4.65. The highest BCUT2D eigenvalue weighted by atomic mass is 79.9. The van der Waals surface area contributed by atoms with Crippen LogP contribution in [0.2, 0.25) is 0 Å². The summed E-state index contributed by atoms with van der Waals surface area (Å²) in [5.41, 5.74) is 7.90. The van der Waals surface area contributed by atoms with Gasteiger partial charge in [0.25, 0.3) is 0 Å². The van der Waals surface area contributed by atoms with Crippen molar-refractivity contribution in [3.63, 3.8) is 0 Å². The molecular weight excluding hydrogens is 308 g/mol. The fraction of sp³-hybridized carbons (Fsp3) is 0.250. The molecule has 0 unspecified atom stereocenters. The zero-order chi connectivity index (χ0) is 13.4. The highest BCUT2D eigenvalue weighted by molar-refractivity contribution is 9.10. The molecule has 2 aromatic heterocycles. The number of nitrogen functional groups attached to an aromatic ring is 1. The minimum atomic E-state index is 0.523. The molecule has 6 nitrogen and oxygen atoms in total. The summed E-state index contributed by atoms with van der Waals surface area (Å²) in [5, 5.41) is 7.94. The van der Waals surface area contributed by atoms with E-state index in [-0.39, 0.29) is 0 Å². The van der Waals surface area contributed by atoms with Crippen molar-refractivity contribution >= 4 is 32.9 Å². The number of halogens is 1. The molecule has 0 aliphatic carbocycles. The average Bonchev–Trinajstić information content (AvgIpc) is 2.90. The van der Waals surface area contributed by atoms with Crippen LogP contribution in [0.4, 0.5) is 5.95 Å². The van der Waals surface area contributed by atoms with E-state index in [9.17, 15) is 0 Å². The number of aryl methyl sites for hydroxylation is 3. The van der Waals surface area contributed by atoms with Crippen molar-refractivity contribution in [1.29, 1.82) is 0 Å². The Balaban J connectivity index is 1.94. The SMILES string of the molecule is Cn1cnnc1CCn1c(N)nc2ccc(Br)cc21. The van der Waals surface area contributed by atoms with Gasteiger partial charge in [0.05, 0.1) is 11.0 Å². The Hall–Kier alpha value is -1.89. The van der Waals surface area contributed by atoms with Gasteiger partial charge in [0.1, 0.15) is 12.2 Å². The zero-order valence-electron chi connectivity index (χ0n) is 10.4. The molecule has 19 heavy (non-hydrogen) atoms. The molecule has 0 aliphatic heterocycles. The van der Waals surface area contributed by atoms with Crippen molar-refractivity contribution in [3.05, 3.63) is 34.8 Å². The lowest BCUT2D eigenvalue weighted by Gasteiger charge is -2.06. The average molecular weight is 321 g/mol. The maximum absolute atomic E-state index is 5.97. The number of imidazole rings is 1. The summed E-state index contributed by atoms with van der Waals surface area (Å²) in [6.45, 7) is 0.728. The van der Waals surface area contributed by atoms with Crippen molar-refractivity contribution in [1.82, 2.24) is 24.3 Å². The van der Waals surface area contributed by atoms with Crippen LogP contribution in [0.25, 0.3) is 11.0 Å². The molecule has 0 fully saturated rings. The summed E-state index contributed by atoms with van der Waals surface area (Å²) in [5.74, 6) is 1.45. The molecule has 0 atom stereocenters. The van der Waals surface area contributed by atoms with E-state index >= 15 is 0 Å². The highest BCUT2D eigenvalue weighted by Gasteiger charge is 2.09. The fourth-order valence-electron chi connectivity index (χ4n) is 2.09. The lowest BCUT2D eigenvalue weighted by molar-refractivity contribution is 0.668.